The largest absolute Gasteiger partial charge is 0.367 e. The fourth-order valence-electron chi connectivity index (χ4n) is 3.24. The van der Waals surface area contributed by atoms with Crippen LogP contribution in [-0.4, -0.2) is 35.9 Å². The van der Waals surface area contributed by atoms with Gasteiger partial charge in [0, 0.05) is 36.5 Å². The zero-order valence-electron chi connectivity index (χ0n) is 16.2. The lowest BCUT2D eigenvalue weighted by Crippen LogP contribution is -2.41. The van der Waals surface area contributed by atoms with E-state index in [0.29, 0.717) is 13.1 Å². The Hall–Kier alpha value is -3.56. The van der Waals surface area contributed by atoms with Crippen LogP contribution in [0.15, 0.2) is 36.4 Å². The highest BCUT2D eigenvalue weighted by Crippen LogP contribution is 2.29. The summed E-state index contributed by atoms with van der Waals surface area (Å²) in [5.41, 5.74) is -0.438. The molecule has 30 heavy (non-hydrogen) atoms. The predicted octanol–water partition coefficient (Wildman–Crippen LogP) is 3.23. The number of anilines is 2. The van der Waals surface area contributed by atoms with Gasteiger partial charge in [-0.25, -0.2) is 8.78 Å². The first-order valence-corrected chi connectivity index (χ1v) is 9.36. The molecule has 3 rings (SSSR count). The van der Waals surface area contributed by atoms with Gasteiger partial charge in [0.15, 0.2) is 11.6 Å². The van der Waals surface area contributed by atoms with Crippen molar-refractivity contribution in [2.75, 3.05) is 23.3 Å². The van der Waals surface area contributed by atoms with Crippen LogP contribution in [-0.2, 0) is 4.79 Å². The van der Waals surface area contributed by atoms with E-state index in [9.17, 15) is 28.5 Å². The summed E-state index contributed by atoms with van der Waals surface area (Å²) in [6.45, 7) is 2.52. The number of amides is 2. The standard InChI is InChI=1S/C20H20F2N4O4/c1-12(23-20(28)13-5-4-6-15(9-13)26(29)30)19(27)24-14-10-16(21)18(17(22)11-14)25-7-2-3-8-25/h4-6,9-12H,2-3,7-8H2,1H3,(H,23,28)(H,24,27). The Morgan fingerprint density at radius 1 is 1.13 bits per heavy atom. The van der Waals surface area contributed by atoms with Crippen molar-refractivity contribution in [3.63, 3.8) is 0 Å². The maximum absolute atomic E-state index is 14.4. The van der Waals surface area contributed by atoms with Crippen molar-refractivity contribution in [3.05, 3.63) is 63.7 Å². The van der Waals surface area contributed by atoms with Crippen molar-refractivity contribution in [2.45, 2.75) is 25.8 Å². The van der Waals surface area contributed by atoms with Gasteiger partial charge < -0.3 is 15.5 Å². The molecule has 1 aliphatic heterocycles. The third kappa shape index (κ3) is 4.70. The molecule has 0 saturated carbocycles. The number of hydrogen-bond donors (Lipinski definition) is 2. The minimum absolute atomic E-state index is 0.0101. The van der Waals surface area contributed by atoms with Crippen molar-refractivity contribution >= 4 is 28.9 Å². The first-order chi connectivity index (χ1) is 14.3. The van der Waals surface area contributed by atoms with E-state index in [4.69, 9.17) is 0 Å². The number of rotatable bonds is 6. The number of halogens is 2. The van der Waals surface area contributed by atoms with Crippen LogP contribution in [0.5, 0.6) is 0 Å². The minimum atomic E-state index is -1.05. The van der Waals surface area contributed by atoms with E-state index in [0.717, 1.165) is 31.0 Å². The van der Waals surface area contributed by atoms with E-state index >= 15 is 0 Å². The summed E-state index contributed by atoms with van der Waals surface area (Å²) in [5, 5.41) is 15.6. The van der Waals surface area contributed by atoms with E-state index in [1.165, 1.54) is 25.1 Å². The fourth-order valence-corrected chi connectivity index (χ4v) is 3.24. The third-order valence-corrected chi connectivity index (χ3v) is 4.77. The molecule has 2 N–H and O–H groups in total. The molecule has 2 aromatic rings. The Morgan fingerprint density at radius 2 is 1.77 bits per heavy atom. The van der Waals surface area contributed by atoms with E-state index in [-0.39, 0.29) is 22.6 Å². The van der Waals surface area contributed by atoms with Crippen LogP contribution in [0, 0.1) is 21.7 Å². The lowest BCUT2D eigenvalue weighted by Gasteiger charge is -2.20. The molecule has 0 bridgehead atoms. The molecule has 2 amide bonds. The maximum Gasteiger partial charge on any atom is 0.270 e. The van der Waals surface area contributed by atoms with Crippen LogP contribution in [0.25, 0.3) is 0 Å². The summed E-state index contributed by atoms with van der Waals surface area (Å²) in [5.74, 6) is -2.94. The number of hydrogen-bond acceptors (Lipinski definition) is 5. The van der Waals surface area contributed by atoms with Gasteiger partial charge >= 0.3 is 0 Å². The van der Waals surface area contributed by atoms with Crippen molar-refractivity contribution in [3.8, 4) is 0 Å². The Kier molecular flexibility index (Phi) is 6.24. The van der Waals surface area contributed by atoms with Crippen LogP contribution in [0.2, 0.25) is 0 Å². The number of carbonyl (C=O) groups is 2. The molecule has 1 atom stereocenters. The van der Waals surface area contributed by atoms with Crippen molar-refractivity contribution in [1.29, 1.82) is 0 Å². The lowest BCUT2D eigenvalue weighted by atomic mass is 10.1. The van der Waals surface area contributed by atoms with Gasteiger partial charge in [-0.1, -0.05) is 6.07 Å². The number of nitro groups is 1. The monoisotopic (exact) mass is 418 g/mol. The summed E-state index contributed by atoms with van der Waals surface area (Å²) >= 11 is 0. The van der Waals surface area contributed by atoms with Crippen LogP contribution in [0.4, 0.5) is 25.8 Å². The summed E-state index contributed by atoms with van der Waals surface area (Å²) in [6, 6.07) is 6.05. The molecule has 1 unspecified atom stereocenters. The second-order valence-electron chi connectivity index (χ2n) is 6.97. The summed E-state index contributed by atoms with van der Waals surface area (Å²) < 4.78 is 28.8. The number of benzene rings is 2. The second-order valence-corrected chi connectivity index (χ2v) is 6.97. The normalized spacial score (nSPS) is 14.3. The van der Waals surface area contributed by atoms with Crippen molar-refractivity contribution in [1.82, 2.24) is 5.32 Å². The van der Waals surface area contributed by atoms with Gasteiger partial charge in [-0.3, -0.25) is 19.7 Å². The average Bonchev–Trinajstić information content (AvgIpc) is 3.21. The van der Waals surface area contributed by atoms with E-state index < -0.39 is 34.4 Å². The zero-order valence-corrected chi connectivity index (χ0v) is 16.2. The minimum Gasteiger partial charge on any atom is -0.367 e. The lowest BCUT2D eigenvalue weighted by molar-refractivity contribution is -0.384. The smallest absolute Gasteiger partial charge is 0.270 e. The van der Waals surface area contributed by atoms with Gasteiger partial charge in [-0.05, 0) is 38.0 Å². The molecular weight excluding hydrogens is 398 g/mol. The van der Waals surface area contributed by atoms with Gasteiger partial charge in [0.1, 0.15) is 11.7 Å². The van der Waals surface area contributed by atoms with Crippen LogP contribution >= 0.6 is 0 Å². The van der Waals surface area contributed by atoms with Crippen molar-refractivity contribution < 1.29 is 23.3 Å². The van der Waals surface area contributed by atoms with E-state index in [2.05, 4.69) is 10.6 Å². The first-order valence-electron chi connectivity index (χ1n) is 9.36. The highest BCUT2D eigenvalue weighted by molar-refractivity contribution is 6.01. The quantitative estimate of drug-likeness (QED) is 0.554. The average molecular weight is 418 g/mol. The Morgan fingerprint density at radius 3 is 2.37 bits per heavy atom. The molecule has 2 aromatic carbocycles. The number of nitro benzene ring substituents is 1. The number of nitrogens with zero attached hydrogens (tertiary/aromatic N) is 2. The van der Waals surface area contributed by atoms with E-state index in [1.54, 1.807) is 4.90 Å². The predicted molar refractivity (Wildman–Crippen MR) is 106 cm³/mol. The fraction of sp³-hybridized carbons (Fsp3) is 0.300. The van der Waals surface area contributed by atoms with Gasteiger partial charge in [-0.2, -0.15) is 0 Å². The number of nitrogens with one attached hydrogen (secondary N) is 2. The van der Waals surface area contributed by atoms with Crippen LogP contribution in [0.1, 0.15) is 30.1 Å². The third-order valence-electron chi connectivity index (χ3n) is 4.77. The SMILES string of the molecule is CC(NC(=O)c1cccc([N+](=O)[O-])c1)C(=O)Nc1cc(F)c(N2CCCC2)c(F)c1. The molecule has 0 aromatic heterocycles. The highest BCUT2D eigenvalue weighted by Gasteiger charge is 2.23. The molecule has 1 aliphatic rings. The molecular formula is C20H20F2N4O4. The highest BCUT2D eigenvalue weighted by atomic mass is 19.1. The summed E-state index contributed by atoms with van der Waals surface area (Å²) in [4.78, 5) is 36.4. The first kappa shape index (κ1) is 21.2. The van der Waals surface area contributed by atoms with Gasteiger partial charge in [0.25, 0.3) is 11.6 Å². The Balaban J connectivity index is 1.66. The van der Waals surface area contributed by atoms with Crippen LogP contribution in [0.3, 0.4) is 0 Å². The topological polar surface area (TPSA) is 105 Å². The molecule has 0 radical (unpaired) electrons. The molecule has 0 aliphatic carbocycles. The molecule has 1 saturated heterocycles. The number of carbonyl (C=O) groups excluding carboxylic acids is 2. The molecule has 158 valence electrons. The number of non-ortho nitro benzene ring substituents is 1. The zero-order chi connectivity index (χ0) is 21.8. The molecule has 1 heterocycles. The molecule has 8 nitrogen and oxygen atoms in total. The van der Waals surface area contributed by atoms with Gasteiger partial charge in [0.2, 0.25) is 5.91 Å². The van der Waals surface area contributed by atoms with Gasteiger partial charge in [0.05, 0.1) is 4.92 Å². The molecule has 0 spiro atoms. The second kappa shape index (κ2) is 8.85. The summed E-state index contributed by atoms with van der Waals surface area (Å²) in [6.07, 6.45) is 1.72. The molecule has 1 fully saturated rings. The van der Waals surface area contributed by atoms with Crippen LogP contribution < -0.4 is 15.5 Å². The Labute approximate surface area is 171 Å². The Bertz CT molecular complexity index is 970. The van der Waals surface area contributed by atoms with Gasteiger partial charge in [-0.15, -0.1) is 0 Å². The summed E-state index contributed by atoms with van der Waals surface area (Å²) in [7, 11) is 0. The maximum atomic E-state index is 14.4. The van der Waals surface area contributed by atoms with E-state index in [1.807, 2.05) is 0 Å². The molecule has 10 heteroatoms. The van der Waals surface area contributed by atoms with Crippen molar-refractivity contribution in [2.24, 2.45) is 0 Å².